The highest BCUT2D eigenvalue weighted by atomic mass is 16.2. The average Bonchev–Trinajstić information content (AvgIpc) is 3.54. The van der Waals surface area contributed by atoms with Crippen LogP contribution in [0.4, 0.5) is 0 Å². The molecule has 2 aromatic heterocycles. The van der Waals surface area contributed by atoms with Crippen LogP contribution < -0.4 is 0 Å². The highest BCUT2D eigenvalue weighted by molar-refractivity contribution is 5.98. The molecule has 1 saturated carbocycles. The van der Waals surface area contributed by atoms with Crippen LogP contribution in [0.15, 0.2) is 54.9 Å². The average molecular weight is 477 g/mol. The predicted molar refractivity (Wildman–Crippen MR) is 144 cm³/mol. The van der Waals surface area contributed by atoms with Gasteiger partial charge in [-0.3, -0.25) is 4.79 Å². The molecule has 5 nitrogen and oxygen atoms in total. The van der Waals surface area contributed by atoms with Crippen molar-refractivity contribution in [2.24, 2.45) is 5.41 Å². The Balaban J connectivity index is 1.29. The first-order valence-electron chi connectivity index (χ1n) is 13.1. The van der Waals surface area contributed by atoms with Gasteiger partial charge in [-0.05, 0) is 90.2 Å². The minimum absolute atomic E-state index is 0.0151. The number of nitrogens with zero attached hydrogens (tertiary/aromatic N) is 3. The summed E-state index contributed by atoms with van der Waals surface area (Å²) in [4.78, 5) is 24.5. The number of hydrogen-bond donors (Lipinski definition) is 1. The summed E-state index contributed by atoms with van der Waals surface area (Å²) in [5.41, 5.74) is 11.6. The Morgan fingerprint density at radius 1 is 1.03 bits per heavy atom. The molecule has 0 saturated heterocycles. The fourth-order valence-electron chi connectivity index (χ4n) is 6.76. The van der Waals surface area contributed by atoms with Gasteiger partial charge in [0.25, 0.3) is 5.91 Å². The van der Waals surface area contributed by atoms with Gasteiger partial charge in [-0.2, -0.15) is 0 Å². The molecule has 1 amide bonds. The lowest BCUT2D eigenvalue weighted by Gasteiger charge is -2.42. The van der Waals surface area contributed by atoms with Gasteiger partial charge < -0.3 is 14.8 Å². The lowest BCUT2D eigenvalue weighted by molar-refractivity contribution is 0.0827. The molecule has 2 aliphatic carbocycles. The van der Waals surface area contributed by atoms with Crippen molar-refractivity contribution in [1.29, 1.82) is 0 Å². The minimum Gasteiger partial charge on any atom is -0.346 e. The molecule has 7 rings (SSSR count). The van der Waals surface area contributed by atoms with Crippen LogP contribution in [0.2, 0.25) is 0 Å². The van der Waals surface area contributed by atoms with E-state index < -0.39 is 0 Å². The molecule has 1 aliphatic heterocycles. The third-order valence-corrected chi connectivity index (χ3v) is 8.87. The van der Waals surface area contributed by atoms with Crippen LogP contribution in [0.5, 0.6) is 0 Å². The number of hydrogen-bond acceptors (Lipinski definition) is 3. The van der Waals surface area contributed by atoms with E-state index >= 15 is 0 Å². The van der Waals surface area contributed by atoms with Crippen molar-refractivity contribution >= 4 is 16.9 Å². The zero-order valence-corrected chi connectivity index (χ0v) is 21.3. The van der Waals surface area contributed by atoms with E-state index in [4.69, 9.17) is 4.98 Å². The molecule has 1 spiro atoms. The summed E-state index contributed by atoms with van der Waals surface area (Å²) in [6, 6.07) is 15.0. The Kier molecular flexibility index (Phi) is 4.71. The number of pyridine rings is 1. The SMILES string of the molecule is CN1Cc2cc(-c3cnc4[nH]cc(-c5ccc(C(=O)N(C)C)cc5)c4c3)cc3c2C(C1)C1(CC3)CC1. The van der Waals surface area contributed by atoms with Crippen molar-refractivity contribution in [2.75, 3.05) is 27.7 Å². The van der Waals surface area contributed by atoms with E-state index in [2.05, 4.69) is 35.1 Å². The minimum atomic E-state index is 0.0151. The van der Waals surface area contributed by atoms with Crippen molar-refractivity contribution in [3.05, 3.63) is 77.1 Å². The zero-order valence-electron chi connectivity index (χ0n) is 21.3. The van der Waals surface area contributed by atoms with Gasteiger partial charge in [0.2, 0.25) is 0 Å². The molecule has 0 radical (unpaired) electrons. The van der Waals surface area contributed by atoms with Crippen molar-refractivity contribution in [2.45, 2.75) is 38.1 Å². The highest BCUT2D eigenvalue weighted by Crippen LogP contribution is 2.63. The van der Waals surface area contributed by atoms with Gasteiger partial charge in [-0.1, -0.05) is 18.2 Å². The van der Waals surface area contributed by atoms with Crippen molar-refractivity contribution in [1.82, 2.24) is 19.8 Å². The number of carbonyl (C=O) groups is 1. The second-order valence-corrected chi connectivity index (χ2v) is 11.4. The van der Waals surface area contributed by atoms with E-state index in [0.29, 0.717) is 16.9 Å². The number of aromatic amines is 1. The van der Waals surface area contributed by atoms with Crippen LogP contribution >= 0.6 is 0 Å². The molecule has 182 valence electrons. The molecule has 4 aromatic rings. The Labute approximate surface area is 212 Å². The number of aromatic nitrogens is 2. The molecule has 1 N–H and O–H groups in total. The molecule has 36 heavy (non-hydrogen) atoms. The molecule has 0 bridgehead atoms. The molecular weight excluding hydrogens is 444 g/mol. The first-order chi connectivity index (χ1) is 17.4. The van der Waals surface area contributed by atoms with Gasteiger partial charge in [0.1, 0.15) is 5.65 Å². The molecule has 2 aromatic carbocycles. The summed E-state index contributed by atoms with van der Waals surface area (Å²) >= 11 is 0. The summed E-state index contributed by atoms with van der Waals surface area (Å²) in [6.45, 7) is 2.24. The Morgan fingerprint density at radius 3 is 2.56 bits per heavy atom. The molecule has 1 unspecified atom stereocenters. The molecule has 5 heteroatoms. The number of aryl methyl sites for hydroxylation is 1. The van der Waals surface area contributed by atoms with Crippen molar-refractivity contribution in [3.63, 3.8) is 0 Å². The van der Waals surface area contributed by atoms with Gasteiger partial charge in [-0.25, -0.2) is 4.98 Å². The second-order valence-electron chi connectivity index (χ2n) is 11.4. The number of nitrogens with one attached hydrogen (secondary N) is 1. The van der Waals surface area contributed by atoms with Crippen LogP contribution in [0.25, 0.3) is 33.3 Å². The summed E-state index contributed by atoms with van der Waals surface area (Å²) in [5.74, 6) is 0.726. The Bertz CT molecular complexity index is 1510. The zero-order chi connectivity index (χ0) is 24.6. The maximum atomic E-state index is 12.3. The van der Waals surface area contributed by atoms with E-state index in [-0.39, 0.29) is 5.91 Å². The Morgan fingerprint density at radius 2 is 1.81 bits per heavy atom. The van der Waals surface area contributed by atoms with E-state index in [1.165, 1.54) is 48.9 Å². The lowest BCUT2D eigenvalue weighted by Crippen LogP contribution is -2.38. The highest BCUT2D eigenvalue weighted by Gasteiger charge is 2.53. The van der Waals surface area contributed by atoms with E-state index in [1.54, 1.807) is 30.1 Å². The molecule has 1 atom stereocenters. The summed E-state index contributed by atoms with van der Waals surface area (Å²) in [7, 11) is 5.83. The largest absolute Gasteiger partial charge is 0.346 e. The van der Waals surface area contributed by atoms with E-state index in [1.807, 2.05) is 36.7 Å². The second kappa shape index (κ2) is 7.78. The first kappa shape index (κ1) is 21.8. The fraction of sp³-hybridized carbons (Fsp3) is 0.355. The van der Waals surface area contributed by atoms with Gasteiger partial charge in [-0.15, -0.1) is 0 Å². The van der Waals surface area contributed by atoms with Gasteiger partial charge in [0.05, 0.1) is 0 Å². The maximum Gasteiger partial charge on any atom is 0.253 e. The van der Waals surface area contributed by atoms with Crippen LogP contribution in [-0.2, 0) is 13.0 Å². The maximum absolute atomic E-state index is 12.3. The molecular formula is C31H32N4O. The van der Waals surface area contributed by atoms with E-state index in [0.717, 1.165) is 28.7 Å². The number of amides is 1. The standard InChI is InChI=1S/C31H32N4O/c1-34(2)30(36)20-6-4-19(5-7-20)26-16-33-29-25(26)14-23(15-32-29)22-12-21-8-9-31(10-11-31)27-18-35(3)17-24(13-22)28(21)27/h4-7,12-16,27H,8-11,17-18H2,1-3H3,(H,32,33). The lowest BCUT2D eigenvalue weighted by atomic mass is 9.68. The monoisotopic (exact) mass is 476 g/mol. The number of H-pyrrole nitrogens is 1. The van der Waals surface area contributed by atoms with Gasteiger partial charge in [0, 0.05) is 67.6 Å². The topological polar surface area (TPSA) is 52.2 Å². The van der Waals surface area contributed by atoms with Crippen LogP contribution in [0, 0.1) is 5.41 Å². The summed E-state index contributed by atoms with van der Waals surface area (Å²) < 4.78 is 0. The van der Waals surface area contributed by atoms with Crippen molar-refractivity contribution in [3.8, 4) is 22.3 Å². The quantitative estimate of drug-likeness (QED) is 0.403. The van der Waals surface area contributed by atoms with Gasteiger partial charge in [0.15, 0.2) is 0 Å². The third-order valence-electron chi connectivity index (χ3n) is 8.87. The summed E-state index contributed by atoms with van der Waals surface area (Å²) in [5, 5.41) is 1.11. The fourth-order valence-corrected chi connectivity index (χ4v) is 6.76. The van der Waals surface area contributed by atoms with Crippen LogP contribution in [-0.4, -0.2) is 53.4 Å². The molecule has 3 heterocycles. The number of fused-ring (bicyclic) bond motifs is 2. The smallest absolute Gasteiger partial charge is 0.253 e. The number of likely N-dealkylation sites (N-methyl/N-ethyl adjacent to an activating group) is 1. The Hall–Kier alpha value is -3.44. The van der Waals surface area contributed by atoms with Crippen molar-refractivity contribution < 1.29 is 4.79 Å². The number of rotatable bonds is 3. The normalized spacial score (nSPS) is 19.9. The van der Waals surface area contributed by atoms with E-state index in [9.17, 15) is 4.79 Å². The van der Waals surface area contributed by atoms with Crippen LogP contribution in [0.3, 0.4) is 0 Å². The third kappa shape index (κ3) is 3.33. The summed E-state index contributed by atoms with van der Waals surface area (Å²) in [6.07, 6.45) is 9.40. The molecule has 3 aliphatic rings. The van der Waals surface area contributed by atoms with Crippen LogP contribution in [0.1, 0.15) is 52.2 Å². The predicted octanol–water partition coefficient (Wildman–Crippen LogP) is 5.85. The number of carbonyl (C=O) groups excluding carboxylic acids is 1. The molecule has 1 fully saturated rings. The first-order valence-corrected chi connectivity index (χ1v) is 13.1. The van der Waals surface area contributed by atoms with Gasteiger partial charge >= 0.3 is 0 Å². The number of benzene rings is 2.